The maximum absolute atomic E-state index is 12.3. The van der Waals surface area contributed by atoms with E-state index in [1.165, 1.54) is 25.7 Å². The van der Waals surface area contributed by atoms with Crippen LogP contribution in [0, 0.1) is 0 Å². The Morgan fingerprint density at radius 2 is 2.26 bits per heavy atom. The molecular weight excluding hydrogens is 242 g/mol. The Bertz CT molecular complexity index is 422. The number of methoxy groups -OCH3 is 1. The first-order valence-corrected chi connectivity index (χ1v) is 7.12. The van der Waals surface area contributed by atoms with Gasteiger partial charge in [-0.1, -0.05) is 19.8 Å². The van der Waals surface area contributed by atoms with Crippen LogP contribution < -0.4 is 10.1 Å². The monoisotopic (exact) mass is 265 g/mol. The summed E-state index contributed by atoms with van der Waals surface area (Å²) in [6, 6.07) is 0.498. The fourth-order valence-electron chi connectivity index (χ4n) is 2.63. The fourth-order valence-corrected chi connectivity index (χ4v) is 2.63. The number of hydrogen-bond donors (Lipinski definition) is 1. The van der Waals surface area contributed by atoms with Gasteiger partial charge in [0.2, 0.25) is 0 Å². The van der Waals surface area contributed by atoms with Gasteiger partial charge in [-0.25, -0.2) is 0 Å². The number of hydrogen-bond acceptors (Lipinski definition) is 4. The lowest BCUT2D eigenvalue weighted by Gasteiger charge is -2.12. The number of ketones is 1. The molecule has 0 aromatic carbocycles. The molecule has 0 bridgehead atoms. The SMILES string of the molecule is CCCn1ncc(OC)c1C(=O)CNC1CCCC1. The molecule has 1 heterocycles. The third-order valence-corrected chi connectivity index (χ3v) is 3.63. The molecule has 0 saturated heterocycles. The lowest BCUT2D eigenvalue weighted by Crippen LogP contribution is -2.32. The summed E-state index contributed by atoms with van der Waals surface area (Å²) in [7, 11) is 1.58. The van der Waals surface area contributed by atoms with Gasteiger partial charge in [-0.15, -0.1) is 0 Å². The quantitative estimate of drug-likeness (QED) is 0.766. The lowest BCUT2D eigenvalue weighted by molar-refractivity contribution is 0.0973. The number of ether oxygens (including phenoxy) is 1. The van der Waals surface area contributed by atoms with Gasteiger partial charge in [-0.2, -0.15) is 5.10 Å². The molecule has 1 aliphatic rings. The number of rotatable bonds is 7. The highest BCUT2D eigenvalue weighted by molar-refractivity contribution is 5.98. The summed E-state index contributed by atoms with van der Waals surface area (Å²) in [6.07, 6.45) is 7.46. The number of carbonyl (C=O) groups excluding carboxylic acids is 1. The number of aryl methyl sites for hydroxylation is 1. The fraction of sp³-hybridized carbons (Fsp3) is 0.714. The summed E-state index contributed by atoms with van der Waals surface area (Å²) in [6.45, 7) is 3.18. The first-order chi connectivity index (χ1) is 9.26. The van der Waals surface area contributed by atoms with Gasteiger partial charge < -0.3 is 10.1 Å². The standard InChI is InChI=1S/C14H23N3O2/c1-3-8-17-14(13(19-2)10-16-17)12(18)9-15-11-6-4-5-7-11/h10-11,15H,3-9H2,1-2H3. The van der Waals surface area contributed by atoms with Crippen molar-refractivity contribution < 1.29 is 9.53 Å². The Kier molecular flexibility index (Phi) is 4.96. The van der Waals surface area contributed by atoms with E-state index in [-0.39, 0.29) is 5.78 Å². The highest BCUT2D eigenvalue weighted by atomic mass is 16.5. The van der Waals surface area contributed by atoms with E-state index in [4.69, 9.17) is 4.74 Å². The molecule has 1 fully saturated rings. The first kappa shape index (κ1) is 14.1. The van der Waals surface area contributed by atoms with Crippen molar-refractivity contribution in [2.45, 2.75) is 51.6 Å². The summed E-state index contributed by atoms with van der Waals surface area (Å²) >= 11 is 0. The highest BCUT2D eigenvalue weighted by Gasteiger charge is 2.21. The molecule has 1 N–H and O–H groups in total. The van der Waals surface area contributed by atoms with Gasteiger partial charge in [0.1, 0.15) is 5.69 Å². The number of carbonyl (C=O) groups is 1. The minimum Gasteiger partial charge on any atom is -0.493 e. The van der Waals surface area contributed by atoms with E-state index in [9.17, 15) is 4.79 Å². The molecule has 0 amide bonds. The van der Waals surface area contributed by atoms with Crippen molar-refractivity contribution in [3.05, 3.63) is 11.9 Å². The molecule has 1 aromatic heterocycles. The molecule has 0 aliphatic heterocycles. The third kappa shape index (κ3) is 3.35. The van der Waals surface area contributed by atoms with E-state index in [1.54, 1.807) is 18.0 Å². The molecule has 1 aliphatic carbocycles. The van der Waals surface area contributed by atoms with Crippen molar-refractivity contribution in [1.82, 2.24) is 15.1 Å². The van der Waals surface area contributed by atoms with Gasteiger partial charge in [0.15, 0.2) is 11.5 Å². The summed E-state index contributed by atoms with van der Waals surface area (Å²) in [5, 5.41) is 7.56. The van der Waals surface area contributed by atoms with Crippen molar-refractivity contribution in [2.24, 2.45) is 0 Å². The van der Waals surface area contributed by atoms with Gasteiger partial charge in [0, 0.05) is 12.6 Å². The second kappa shape index (κ2) is 6.70. The average Bonchev–Trinajstić information content (AvgIpc) is 3.05. The van der Waals surface area contributed by atoms with Crippen molar-refractivity contribution >= 4 is 5.78 Å². The number of Topliss-reactive ketones (excluding diaryl/α,β-unsaturated/α-hetero) is 1. The Hall–Kier alpha value is -1.36. The molecule has 0 atom stereocenters. The number of nitrogens with zero attached hydrogens (tertiary/aromatic N) is 2. The summed E-state index contributed by atoms with van der Waals surface area (Å²) < 4.78 is 6.98. The normalized spacial score (nSPS) is 15.9. The van der Waals surface area contributed by atoms with Crippen LogP contribution in [0.1, 0.15) is 49.5 Å². The van der Waals surface area contributed by atoms with Crippen LogP contribution in [0.5, 0.6) is 5.75 Å². The van der Waals surface area contributed by atoms with E-state index in [0.717, 1.165) is 13.0 Å². The summed E-state index contributed by atoms with van der Waals surface area (Å²) in [5.74, 6) is 0.640. The van der Waals surface area contributed by atoms with E-state index in [1.807, 2.05) is 0 Å². The number of nitrogens with one attached hydrogen (secondary N) is 1. The molecular formula is C14H23N3O2. The van der Waals surface area contributed by atoms with Crippen LogP contribution in [-0.2, 0) is 6.54 Å². The molecule has 19 heavy (non-hydrogen) atoms. The van der Waals surface area contributed by atoms with Gasteiger partial charge in [-0.05, 0) is 19.3 Å². The van der Waals surface area contributed by atoms with Crippen molar-refractivity contribution in [3.8, 4) is 5.75 Å². The molecule has 106 valence electrons. The molecule has 5 nitrogen and oxygen atoms in total. The second-order valence-electron chi connectivity index (χ2n) is 5.07. The molecule has 5 heteroatoms. The Morgan fingerprint density at radius 1 is 1.53 bits per heavy atom. The van der Waals surface area contributed by atoms with Crippen LogP contribution in [0.25, 0.3) is 0 Å². The number of aromatic nitrogens is 2. The van der Waals surface area contributed by atoms with Gasteiger partial charge in [0.25, 0.3) is 0 Å². The van der Waals surface area contributed by atoms with Crippen molar-refractivity contribution in [3.63, 3.8) is 0 Å². The largest absolute Gasteiger partial charge is 0.493 e. The Balaban J connectivity index is 2.01. The molecule has 0 unspecified atom stereocenters. The van der Waals surface area contributed by atoms with Crippen LogP contribution in [0.15, 0.2) is 6.20 Å². The molecule has 1 saturated carbocycles. The minimum atomic E-state index is 0.0645. The maximum atomic E-state index is 12.3. The zero-order valence-electron chi connectivity index (χ0n) is 11.8. The van der Waals surface area contributed by atoms with Crippen LogP contribution in [0.2, 0.25) is 0 Å². The van der Waals surface area contributed by atoms with E-state index in [0.29, 0.717) is 24.0 Å². The Morgan fingerprint density at radius 3 is 2.89 bits per heavy atom. The summed E-state index contributed by atoms with van der Waals surface area (Å²) in [5.41, 5.74) is 0.592. The van der Waals surface area contributed by atoms with Crippen LogP contribution in [-0.4, -0.2) is 35.3 Å². The van der Waals surface area contributed by atoms with E-state index >= 15 is 0 Å². The molecule has 0 spiro atoms. The van der Waals surface area contributed by atoms with Gasteiger partial charge in [0.05, 0.1) is 19.9 Å². The Labute approximate surface area is 114 Å². The third-order valence-electron chi connectivity index (χ3n) is 3.63. The topological polar surface area (TPSA) is 56.2 Å². The van der Waals surface area contributed by atoms with Crippen LogP contribution in [0.4, 0.5) is 0 Å². The minimum absolute atomic E-state index is 0.0645. The average molecular weight is 265 g/mol. The predicted octanol–water partition coefficient (Wildman–Crippen LogP) is 2.02. The molecule has 0 radical (unpaired) electrons. The van der Waals surface area contributed by atoms with Crippen LogP contribution >= 0.6 is 0 Å². The highest BCUT2D eigenvalue weighted by Crippen LogP contribution is 2.20. The van der Waals surface area contributed by atoms with Crippen molar-refractivity contribution in [1.29, 1.82) is 0 Å². The summed E-state index contributed by atoms with van der Waals surface area (Å²) in [4.78, 5) is 12.3. The van der Waals surface area contributed by atoms with Gasteiger partial charge >= 0.3 is 0 Å². The molecule has 1 aromatic rings. The zero-order chi connectivity index (χ0) is 13.7. The predicted molar refractivity (Wildman–Crippen MR) is 73.7 cm³/mol. The van der Waals surface area contributed by atoms with E-state index < -0.39 is 0 Å². The van der Waals surface area contributed by atoms with Gasteiger partial charge in [-0.3, -0.25) is 9.48 Å². The van der Waals surface area contributed by atoms with Crippen LogP contribution in [0.3, 0.4) is 0 Å². The zero-order valence-corrected chi connectivity index (χ0v) is 11.8. The van der Waals surface area contributed by atoms with Crippen molar-refractivity contribution in [2.75, 3.05) is 13.7 Å². The van der Waals surface area contributed by atoms with E-state index in [2.05, 4.69) is 17.3 Å². The second-order valence-corrected chi connectivity index (χ2v) is 5.07. The smallest absolute Gasteiger partial charge is 0.198 e. The lowest BCUT2D eigenvalue weighted by atomic mass is 10.2. The maximum Gasteiger partial charge on any atom is 0.198 e. The molecule has 2 rings (SSSR count). The first-order valence-electron chi connectivity index (χ1n) is 7.12.